The second-order valence-corrected chi connectivity index (χ2v) is 9.11. The Labute approximate surface area is 164 Å². The minimum absolute atomic E-state index is 0. The molecule has 0 spiro atoms. The number of hydrogen-bond acceptors (Lipinski definition) is 5. The number of aromatic amines is 1. The predicted molar refractivity (Wildman–Crippen MR) is 106 cm³/mol. The third kappa shape index (κ3) is 2.87. The maximum Gasteiger partial charge on any atom is 0.290 e. The quantitative estimate of drug-likeness (QED) is 0.725. The Morgan fingerprint density at radius 1 is 1.29 bits per heavy atom. The maximum absolute atomic E-state index is 13.1. The van der Waals surface area contributed by atoms with Gasteiger partial charge in [-0.15, -0.1) is 0 Å². The standard InChI is InChI=1S/C19H21N5O3S.H2/c1-12-13-6-5-10-20-14(13)9-11-24(12)19(25)18-21-15-7-4-8-16(17(15)22-18)28(26,27)23(2)3;/h4-8,10,12H,9,11H2,1-3H3,(H,21,22);1H/t12-;/m1./s1. The molecule has 2 aromatic heterocycles. The number of H-pyrrole nitrogens is 1. The highest BCUT2D eigenvalue weighted by atomic mass is 32.2. The number of carbonyl (C=O) groups excluding carboxylic acids is 1. The van der Waals surface area contributed by atoms with E-state index in [0.717, 1.165) is 15.6 Å². The summed E-state index contributed by atoms with van der Waals surface area (Å²) in [5.74, 6) is -0.123. The van der Waals surface area contributed by atoms with Crippen molar-refractivity contribution in [3.05, 3.63) is 53.6 Å². The summed E-state index contributed by atoms with van der Waals surface area (Å²) < 4.78 is 26.3. The molecule has 1 N–H and O–H groups in total. The summed E-state index contributed by atoms with van der Waals surface area (Å²) in [6.07, 6.45) is 2.43. The maximum atomic E-state index is 13.1. The monoisotopic (exact) mass is 401 g/mol. The number of pyridine rings is 1. The van der Waals surface area contributed by atoms with E-state index in [2.05, 4.69) is 15.0 Å². The van der Waals surface area contributed by atoms with Crippen LogP contribution < -0.4 is 0 Å². The highest BCUT2D eigenvalue weighted by molar-refractivity contribution is 7.89. The van der Waals surface area contributed by atoms with Crippen LogP contribution in [-0.4, -0.2) is 59.1 Å². The molecule has 0 saturated carbocycles. The molecule has 4 rings (SSSR count). The fourth-order valence-electron chi connectivity index (χ4n) is 3.55. The molecule has 0 unspecified atom stereocenters. The van der Waals surface area contributed by atoms with E-state index in [-0.39, 0.29) is 29.6 Å². The van der Waals surface area contributed by atoms with Crippen molar-refractivity contribution in [2.24, 2.45) is 0 Å². The Hall–Kier alpha value is -2.78. The van der Waals surface area contributed by atoms with Crippen molar-refractivity contribution in [3.63, 3.8) is 0 Å². The minimum Gasteiger partial charge on any atom is -0.334 e. The molecule has 0 saturated heterocycles. The number of sulfonamides is 1. The summed E-state index contributed by atoms with van der Waals surface area (Å²) >= 11 is 0. The van der Waals surface area contributed by atoms with Gasteiger partial charge in [0.2, 0.25) is 10.0 Å². The predicted octanol–water partition coefficient (Wildman–Crippen LogP) is 2.21. The van der Waals surface area contributed by atoms with Crippen molar-refractivity contribution in [2.45, 2.75) is 24.3 Å². The van der Waals surface area contributed by atoms with Gasteiger partial charge in [0.1, 0.15) is 10.4 Å². The van der Waals surface area contributed by atoms with Crippen LogP contribution in [-0.2, 0) is 16.4 Å². The molecule has 28 heavy (non-hydrogen) atoms. The lowest BCUT2D eigenvalue weighted by molar-refractivity contribution is 0.0665. The fraction of sp³-hybridized carbons (Fsp3) is 0.316. The van der Waals surface area contributed by atoms with Crippen molar-refractivity contribution >= 4 is 27.0 Å². The third-order valence-corrected chi connectivity index (χ3v) is 6.98. The number of para-hydroxylation sites is 1. The van der Waals surface area contributed by atoms with Crippen molar-refractivity contribution in [2.75, 3.05) is 20.6 Å². The van der Waals surface area contributed by atoms with Gasteiger partial charge in [0.05, 0.1) is 11.6 Å². The molecule has 3 heterocycles. The number of carbonyl (C=O) groups is 1. The molecule has 1 aliphatic rings. The van der Waals surface area contributed by atoms with Crippen LogP contribution in [0.3, 0.4) is 0 Å². The summed E-state index contributed by atoms with van der Waals surface area (Å²) in [5, 5.41) is 0. The van der Waals surface area contributed by atoms with Gasteiger partial charge in [-0.25, -0.2) is 17.7 Å². The van der Waals surface area contributed by atoms with Crippen molar-refractivity contribution in [1.29, 1.82) is 0 Å². The zero-order chi connectivity index (χ0) is 20.1. The second kappa shape index (κ2) is 6.68. The lowest BCUT2D eigenvalue weighted by Crippen LogP contribution is -2.39. The Morgan fingerprint density at radius 2 is 2.07 bits per heavy atom. The van der Waals surface area contributed by atoms with Gasteiger partial charge < -0.3 is 9.88 Å². The molecule has 0 bridgehead atoms. The summed E-state index contributed by atoms with van der Waals surface area (Å²) in [6.45, 7) is 2.49. The first kappa shape index (κ1) is 18.6. The van der Waals surface area contributed by atoms with Gasteiger partial charge in [0.25, 0.3) is 5.91 Å². The van der Waals surface area contributed by atoms with Gasteiger partial charge in [0, 0.05) is 40.4 Å². The summed E-state index contributed by atoms with van der Waals surface area (Å²) in [6, 6.07) is 8.56. The number of hydrogen-bond donors (Lipinski definition) is 1. The average Bonchev–Trinajstić information content (AvgIpc) is 3.12. The number of nitrogens with zero attached hydrogens (tertiary/aromatic N) is 4. The molecule has 0 aliphatic carbocycles. The van der Waals surface area contributed by atoms with Crippen LogP contribution in [0.25, 0.3) is 11.0 Å². The van der Waals surface area contributed by atoms with Gasteiger partial charge >= 0.3 is 0 Å². The number of benzene rings is 1. The molecule has 1 amide bonds. The number of fused-ring (bicyclic) bond motifs is 2. The molecule has 3 aromatic rings. The van der Waals surface area contributed by atoms with Crippen molar-refractivity contribution < 1.29 is 14.6 Å². The van der Waals surface area contributed by atoms with Crippen molar-refractivity contribution in [3.8, 4) is 0 Å². The van der Waals surface area contributed by atoms with Crippen LogP contribution in [0.5, 0.6) is 0 Å². The number of aromatic nitrogens is 3. The number of nitrogens with one attached hydrogen (secondary N) is 1. The largest absolute Gasteiger partial charge is 0.334 e. The summed E-state index contributed by atoms with van der Waals surface area (Å²) in [4.78, 5) is 26.7. The summed E-state index contributed by atoms with van der Waals surface area (Å²) in [5.41, 5.74) is 2.81. The first-order chi connectivity index (χ1) is 13.3. The van der Waals surface area contributed by atoms with E-state index in [0.29, 0.717) is 18.5 Å². The topological polar surface area (TPSA) is 99.3 Å². The van der Waals surface area contributed by atoms with E-state index in [1.165, 1.54) is 20.2 Å². The summed E-state index contributed by atoms with van der Waals surface area (Å²) in [7, 11) is -0.742. The van der Waals surface area contributed by atoms with Crippen LogP contribution in [0.15, 0.2) is 41.4 Å². The van der Waals surface area contributed by atoms with E-state index < -0.39 is 10.0 Å². The lowest BCUT2D eigenvalue weighted by Gasteiger charge is -2.34. The normalized spacial score (nSPS) is 17.1. The zero-order valence-corrected chi connectivity index (χ0v) is 16.7. The zero-order valence-electron chi connectivity index (χ0n) is 15.9. The average molecular weight is 401 g/mol. The minimum atomic E-state index is -3.67. The highest BCUT2D eigenvalue weighted by Gasteiger charge is 2.31. The van der Waals surface area contributed by atoms with Crippen LogP contribution in [0.4, 0.5) is 0 Å². The Balaban J connectivity index is 0.00000240. The van der Waals surface area contributed by atoms with Crippen LogP contribution in [0, 0.1) is 0 Å². The SMILES string of the molecule is C[C@@H]1c2cccnc2CCN1C(=O)c1nc2c(S(=O)(=O)N(C)C)cccc2[nH]1.[HH]. The Kier molecular flexibility index (Phi) is 4.43. The van der Waals surface area contributed by atoms with Gasteiger partial charge in [-0.1, -0.05) is 12.1 Å². The fourth-order valence-corrected chi connectivity index (χ4v) is 4.60. The second-order valence-electron chi connectivity index (χ2n) is 6.99. The number of imidazole rings is 1. The molecule has 8 nitrogen and oxygen atoms in total. The molecule has 148 valence electrons. The first-order valence-corrected chi connectivity index (χ1v) is 10.4. The van der Waals surface area contributed by atoms with E-state index in [1.54, 1.807) is 23.2 Å². The van der Waals surface area contributed by atoms with Gasteiger partial charge in [-0.3, -0.25) is 9.78 Å². The van der Waals surface area contributed by atoms with E-state index in [1.807, 2.05) is 19.1 Å². The molecule has 0 radical (unpaired) electrons. The first-order valence-electron chi connectivity index (χ1n) is 8.96. The Morgan fingerprint density at radius 3 is 2.82 bits per heavy atom. The van der Waals surface area contributed by atoms with Crippen molar-refractivity contribution in [1.82, 2.24) is 24.2 Å². The van der Waals surface area contributed by atoms with E-state index in [4.69, 9.17) is 0 Å². The molecule has 1 atom stereocenters. The molecular formula is C19H23N5O3S. The van der Waals surface area contributed by atoms with Crippen LogP contribution in [0.1, 0.15) is 36.3 Å². The van der Waals surface area contributed by atoms with Crippen LogP contribution in [0.2, 0.25) is 0 Å². The van der Waals surface area contributed by atoms with Gasteiger partial charge in [-0.2, -0.15) is 0 Å². The number of amides is 1. The lowest BCUT2D eigenvalue weighted by atomic mass is 9.98. The number of rotatable bonds is 3. The molecule has 9 heteroatoms. The highest BCUT2D eigenvalue weighted by Crippen LogP contribution is 2.30. The Bertz CT molecular complexity index is 1180. The smallest absolute Gasteiger partial charge is 0.290 e. The molecular weight excluding hydrogens is 378 g/mol. The molecule has 1 aliphatic heterocycles. The third-order valence-electron chi connectivity index (χ3n) is 5.13. The van der Waals surface area contributed by atoms with E-state index >= 15 is 0 Å². The molecule has 0 fully saturated rings. The van der Waals surface area contributed by atoms with Gasteiger partial charge in [-0.05, 0) is 30.7 Å². The van der Waals surface area contributed by atoms with E-state index in [9.17, 15) is 13.2 Å². The van der Waals surface area contributed by atoms with Gasteiger partial charge in [0.15, 0.2) is 5.82 Å². The van der Waals surface area contributed by atoms with Crippen LogP contribution >= 0.6 is 0 Å². The molecule has 1 aromatic carbocycles.